The monoisotopic (exact) mass is 719 g/mol. The van der Waals surface area contributed by atoms with Crippen LogP contribution in [0, 0.1) is 13.1 Å². The summed E-state index contributed by atoms with van der Waals surface area (Å²) < 4.78 is 8.45. The van der Waals surface area contributed by atoms with Crippen LogP contribution in [0.25, 0.3) is 54.9 Å². The zero-order chi connectivity index (χ0) is 27.8. The van der Waals surface area contributed by atoms with Crippen molar-refractivity contribution in [2.75, 3.05) is 0 Å². The minimum Gasteiger partial charge on any atom is -0.512 e. The Morgan fingerprint density at radius 3 is 2.39 bits per heavy atom. The number of carbonyl (C=O) groups is 1. The molecule has 0 aliphatic heterocycles. The number of fused-ring (bicyclic) bond motifs is 6. The molecule has 0 unspecified atom stereocenters. The van der Waals surface area contributed by atoms with Crippen molar-refractivity contribution in [3.8, 4) is 11.3 Å². The largest absolute Gasteiger partial charge is 0.512 e. The van der Waals surface area contributed by atoms with E-state index < -0.39 is 0 Å². The van der Waals surface area contributed by atoms with Gasteiger partial charge in [0.15, 0.2) is 5.78 Å². The Balaban J connectivity index is 0.000000379. The summed E-state index contributed by atoms with van der Waals surface area (Å²) in [5.41, 5.74) is 6.43. The SMILES string of the molecule is CC(=O)/C=C(/C)O.[CH2-][n+]1c(-c2[c-]ccc3c2oc2ccccc23)cc(C2CCCC2)c2c3ccccc3ccc21.[Ir]. The van der Waals surface area contributed by atoms with Crippen LogP contribution in [0.5, 0.6) is 0 Å². The Bertz CT molecular complexity index is 1920. The number of aliphatic hydroxyl groups excluding tert-OH is 1. The summed E-state index contributed by atoms with van der Waals surface area (Å²) in [5, 5.41) is 14.6. The van der Waals surface area contributed by atoms with Gasteiger partial charge in [-0.05, 0) is 72.7 Å². The first-order chi connectivity index (χ1) is 19.4. The summed E-state index contributed by atoms with van der Waals surface area (Å²) in [6, 6.07) is 31.4. The van der Waals surface area contributed by atoms with Crippen LogP contribution in [0.15, 0.2) is 95.1 Å². The van der Waals surface area contributed by atoms with Gasteiger partial charge in [0, 0.05) is 44.0 Å². The van der Waals surface area contributed by atoms with Crippen LogP contribution >= 0.6 is 0 Å². The molecule has 2 heterocycles. The zero-order valence-corrected chi connectivity index (χ0v) is 25.6. The molecule has 1 aliphatic rings. The van der Waals surface area contributed by atoms with Crippen molar-refractivity contribution in [1.29, 1.82) is 0 Å². The van der Waals surface area contributed by atoms with E-state index in [0.717, 1.165) is 38.7 Å². The van der Waals surface area contributed by atoms with Crippen molar-refractivity contribution in [3.05, 3.63) is 109 Å². The van der Waals surface area contributed by atoms with Gasteiger partial charge in [0.1, 0.15) is 16.8 Å². The molecule has 0 atom stereocenters. The minimum atomic E-state index is -0.125. The smallest absolute Gasteiger partial charge is 0.155 e. The summed E-state index contributed by atoms with van der Waals surface area (Å²) in [4.78, 5) is 10.0. The number of hydrogen-bond donors (Lipinski definition) is 1. The molecular formula is C36H32IrNO3-. The summed E-state index contributed by atoms with van der Waals surface area (Å²) in [6.07, 6.45) is 6.27. The Morgan fingerprint density at radius 1 is 0.976 bits per heavy atom. The van der Waals surface area contributed by atoms with Crippen LogP contribution in [0.2, 0.25) is 0 Å². The molecule has 209 valence electrons. The third-order valence-corrected chi connectivity index (χ3v) is 7.87. The van der Waals surface area contributed by atoms with Crippen LogP contribution in [0.4, 0.5) is 0 Å². The van der Waals surface area contributed by atoms with Gasteiger partial charge in [-0.3, -0.25) is 4.79 Å². The number of hydrogen-bond acceptors (Lipinski definition) is 3. The number of nitrogens with zero attached hydrogens (tertiary/aromatic N) is 1. The molecule has 1 fully saturated rings. The van der Waals surface area contributed by atoms with Gasteiger partial charge in [-0.2, -0.15) is 0 Å². The summed E-state index contributed by atoms with van der Waals surface area (Å²) in [5.74, 6) is 0.514. The first-order valence-corrected chi connectivity index (χ1v) is 13.8. The second-order valence-corrected chi connectivity index (χ2v) is 10.7. The molecule has 4 aromatic carbocycles. The molecular weight excluding hydrogens is 687 g/mol. The van der Waals surface area contributed by atoms with Crippen LogP contribution < -0.4 is 4.57 Å². The van der Waals surface area contributed by atoms with E-state index in [1.54, 1.807) is 0 Å². The Kier molecular flexibility index (Phi) is 8.30. The van der Waals surface area contributed by atoms with Gasteiger partial charge in [0.05, 0.1) is 11.3 Å². The fourth-order valence-corrected chi connectivity index (χ4v) is 6.16. The van der Waals surface area contributed by atoms with Crippen LogP contribution in [-0.2, 0) is 24.9 Å². The average molecular weight is 719 g/mol. The van der Waals surface area contributed by atoms with Crippen molar-refractivity contribution in [2.45, 2.75) is 45.4 Å². The number of benzene rings is 4. The molecule has 0 amide bonds. The molecule has 4 nitrogen and oxygen atoms in total. The van der Waals surface area contributed by atoms with Crippen LogP contribution in [-0.4, -0.2) is 10.9 Å². The van der Waals surface area contributed by atoms with Gasteiger partial charge in [-0.15, -0.1) is 18.2 Å². The third-order valence-electron chi connectivity index (χ3n) is 7.87. The van der Waals surface area contributed by atoms with E-state index in [9.17, 15) is 4.79 Å². The molecule has 0 spiro atoms. The fourth-order valence-electron chi connectivity index (χ4n) is 6.16. The number of rotatable bonds is 3. The Labute approximate surface area is 253 Å². The fraction of sp³-hybridized carbons (Fsp3) is 0.194. The molecule has 2 aromatic heterocycles. The maximum atomic E-state index is 10.0. The van der Waals surface area contributed by atoms with E-state index in [1.165, 1.54) is 67.3 Å². The summed E-state index contributed by atoms with van der Waals surface area (Å²) >= 11 is 0. The average Bonchev–Trinajstić information content (AvgIpc) is 3.61. The predicted octanol–water partition coefficient (Wildman–Crippen LogP) is 8.98. The second kappa shape index (κ2) is 11.9. The molecule has 0 bridgehead atoms. The van der Waals surface area contributed by atoms with Crippen molar-refractivity contribution in [3.63, 3.8) is 0 Å². The van der Waals surface area contributed by atoms with E-state index in [0.29, 0.717) is 5.92 Å². The van der Waals surface area contributed by atoms with Crippen LogP contribution in [0.3, 0.4) is 0 Å². The van der Waals surface area contributed by atoms with Crippen molar-refractivity contribution >= 4 is 49.4 Å². The quantitative estimate of drug-likeness (QED) is 0.0654. The van der Waals surface area contributed by atoms with E-state index >= 15 is 0 Å². The first-order valence-electron chi connectivity index (χ1n) is 13.8. The number of ketones is 1. The number of pyridine rings is 1. The van der Waals surface area contributed by atoms with Crippen molar-refractivity contribution in [2.24, 2.45) is 0 Å². The predicted molar refractivity (Wildman–Crippen MR) is 162 cm³/mol. The number of furan rings is 1. The summed E-state index contributed by atoms with van der Waals surface area (Å²) in [7, 11) is 4.52. The molecule has 1 saturated carbocycles. The second-order valence-electron chi connectivity index (χ2n) is 10.7. The Morgan fingerprint density at radius 2 is 1.68 bits per heavy atom. The molecule has 6 aromatic rings. The normalized spacial score (nSPS) is 13.9. The van der Waals surface area contributed by atoms with Gasteiger partial charge in [-0.1, -0.05) is 66.8 Å². The van der Waals surface area contributed by atoms with E-state index in [2.05, 4.69) is 78.3 Å². The standard InChI is InChI=1S/C31H24NO.C5H8O2.Ir/c1-32-27-18-17-21-11-4-5-12-22(21)30(27)26(20-9-2-3-10-20)19-28(32)25-15-8-14-24-23-13-6-7-16-29(23)33-31(24)25;1-4(6)3-5(2)7;/h4-8,11-14,16-20H,1-3,9-10H2;3,6H,1-2H3;/q-1;;/b;4-3-;. The molecule has 1 radical (unpaired) electrons. The third kappa shape index (κ3) is 5.40. The molecule has 1 aliphatic carbocycles. The molecule has 5 heteroatoms. The Hall–Kier alpha value is -3.92. The summed E-state index contributed by atoms with van der Waals surface area (Å²) in [6.45, 7) is 2.85. The first kappa shape index (κ1) is 28.6. The number of carbonyl (C=O) groups excluding carboxylic acids is 1. The van der Waals surface area contributed by atoms with E-state index in [1.807, 2.05) is 18.2 Å². The minimum absolute atomic E-state index is 0. The molecule has 41 heavy (non-hydrogen) atoms. The molecule has 0 saturated heterocycles. The molecule has 7 rings (SSSR count). The van der Waals surface area contributed by atoms with Crippen molar-refractivity contribution < 1.29 is 39.0 Å². The van der Waals surface area contributed by atoms with Gasteiger partial charge < -0.3 is 14.1 Å². The topological polar surface area (TPSA) is 54.3 Å². The van der Waals surface area contributed by atoms with E-state index in [4.69, 9.17) is 9.52 Å². The van der Waals surface area contributed by atoms with Gasteiger partial charge >= 0.3 is 0 Å². The number of para-hydroxylation sites is 1. The van der Waals surface area contributed by atoms with Crippen molar-refractivity contribution in [1.82, 2.24) is 0 Å². The zero-order valence-electron chi connectivity index (χ0n) is 23.2. The number of allylic oxidation sites excluding steroid dienone is 2. The number of aromatic nitrogens is 1. The maximum absolute atomic E-state index is 10.0. The van der Waals surface area contributed by atoms with E-state index in [-0.39, 0.29) is 31.6 Å². The molecule has 1 N–H and O–H groups in total. The van der Waals surface area contributed by atoms with Gasteiger partial charge in [0.2, 0.25) is 0 Å². The van der Waals surface area contributed by atoms with Gasteiger partial charge in [-0.25, -0.2) is 0 Å². The van der Waals surface area contributed by atoms with Crippen LogP contribution in [0.1, 0.15) is 51.0 Å². The maximum Gasteiger partial charge on any atom is 0.155 e. The number of aliphatic hydroxyl groups is 1. The van der Waals surface area contributed by atoms with Gasteiger partial charge in [0.25, 0.3) is 0 Å².